The van der Waals surface area contributed by atoms with E-state index in [1.165, 1.54) is 0 Å². The van der Waals surface area contributed by atoms with E-state index in [2.05, 4.69) is 15.6 Å². The highest BCUT2D eigenvalue weighted by Crippen LogP contribution is 2.39. The number of thiocarbonyl (C=S) groups is 1. The molecule has 3 aromatic carbocycles. The highest BCUT2D eigenvalue weighted by Gasteiger charge is 2.39. The topological polar surface area (TPSA) is 66.4 Å². The number of aromatic nitrogens is 1. The number of fused-ring (bicyclic) bond motifs is 1. The Labute approximate surface area is 201 Å². The molecule has 0 saturated carbocycles. The molecule has 4 aromatic rings. The largest absolute Gasteiger partial charge is 0.353 e. The fraction of sp³-hybridized carbons (Fsp3) is 0.154. The van der Waals surface area contributed by atoms with Gasteiger partial charge in [-0.3, -0.25) is 4.79 Å². The first-order chi connectivity index (χ1) is 16.0. The van der Waals surface area contributed by atoms with Gasteiger partial charge in [0, 0.05) is 5.69 Å². The second-order valence-electron chi connectivity index (χ2n) is 8.05. The van der Waals surface area contributed by atoms with Crippen molar-refractivity contribution < 1.29 is 4.79 Å². The van der Waals surface area contributed by atoms with Crippen molar-refractivity contribution in [1.29, 1.82) is 0 Å². The lowest BCUT2D eigenvalue weighted by atomic mass is 9.87. The van der Waals surface area contributed by atoms with Gasteiger partial charge in [-0.15, -0.1) is 11.3 Å². The molecule has 1 amide bonds. The summed E-state index contributed by atoms with van der Waals surface area (Å²) in [5.41, 5.74) is 5.10. The number of aliphatic imine (C=N–C) groups is 1. The molecule has 33 heavy (non-hydrogen) atoms. The normalized spacial score (nSPS) is 18.0. The number of benzene rings is 3. The Morgan fingerprint density at radius 1 is 0.970 bits per heavy atom. The van der Waals surface area contributed by atoms with E-state index in [1.807, 2.05) is 86.6 Å². The van der Waals surface area contributed by atoms with E-state index in [1.54, 1.807) is 11.3 Å². The summed E-state index contributed by atoms with van der Waals surface area (Å²) >= 11 is 7.05. The van der Waals surface area contributed by atoms with E-state index in [9.17, 15) is 4.79 Å². The van der Waals surface area contributed by atoms with Gasteiger partial charge in [-0.1, -0.05) is 60.7 Å². The molecule has 0 fully saturated rings. The molecule has 7 heteroatoms. The molecule has 0 bridgehead atoms. The molecule has 5 rings (SSSR count). The zero-order chi connectivity index (χ0) is 22.9. The smallest absolute Gasteiger partial charge is 0.271 e. The molecule has 0 spiro atoms. The van der Waals surface area contributed by atoms with E-state index >= 15 is 0 Å². The van der Waals surface area contributed by atoms with Crippen LogP contribution in [-0.4, -0.2) is 21.7 Å². The minimum Gasteiger partial charge on any atom is -0.353 e. The molecule has 1 aliphatic rings. The maximum absolute atomic E-state index is 13.6. The van der Waals surface area contributed by atoms with Crippen LogP contribution in [0, 0.1) is 13.8 Å². The lowest BCUT2D eigenvalue weighted by Crippen LogP contribution is -2.44. The van der Waals surface area contributed by atoms with Crippen LogP contribution in [0.3, 0.4) is 0 Å². The molecule has 164 valence electrons. The standard InChI is InChI=1S/C26H22N4OS2/c1-15-9-8-10-16(2)21(15)28-24(31)23-20(25-27-18-13-6-7-14-19(18)33-25)22(29-26(32)30-23)17-11-4-3-5-12-17/h3-14,20,22H,1-2H3,(H,28,31)(H,29,32)/t20-,22+/m1/s1. The summed E-state index contributed by atoms with van der Waals surface area (Å²) < 4.78 is 1.07. The number of thiazole rings is 1. The Hall–Kier alpha value is -3.42. The third kappa shape index (κ3) is 4.17. The fourth-order valence-corrected chi connectivity index (χ4v) is 5.52. The first kappa shape index (κ1) is 21.4. The van der Waals surface area contributed by atoms with E-state index in [0.29, 0.717) is 10.8 Å². The summed E-state index contributed by atoms with van der Waals surface area (Å²) in [5, 5.41) is 7.55. The number of anilines is 1. The van der Waals surface area contributed by atoms with Crippen molar-refractivity contribution in [3.8, 4) is 0 Å². The average molecular weight is 471 g/mol. The van der Waals surface area contributed by atoms with Gasteiger partial charge in [-0.2, -0.15) is 0 Å². The number of nitrogens with zero attached hydrogens (tertiary/aromatic N) is 2. The number of aryl methyl sites for hydroxylation is 2. The van der Waals surface area contributed by atoms with Crippen LogP contribution in [-0.2, 0) is 4.79 Å². The number of nitrogens with one attached hydrogen (secondary N) is 2. The molecule has 0 unspecified atom stereocenters. The first-order valence-corrected chi connectivity index (χ1v) is 11.9. The zero-order valence-corrected chi connectivity index (χ0v) is 19.8. The third-order valence-corrected chi connectivity index (χ3v) is 7.14. The first-order valence-electron chi connectivity index (χ1n) is 10.7. The van der Waals surface area contributed by atoms with Gasteiger partial charge < -0.3 is 10.6 Å². The van der Waals surface area contributed by atoms with Crippen LogP contribution in [0.25, 0.3) is 10.2 Å². The van der Waals surface area contributed by atoms with Crippen molar-refractivity contribution in [2.75, 3.05) is 5.32 Å². The maximum atomic E-state index is 13.6. The Morgan fingerprint density at radius 2 is 1.67 bits per heavy atom. The molecule has 2 N–H and O–H groups in total. The van der Waals surface area contributed by atoms with Crippen molar-refractivity contribution in [2.24, 2.45) is 4.99 Å². The Kier molecular flexibility index (Phi) is 5.74. The second kappa shape index (κ2) is 8.84. The third-order valence-electron chi connectivity index (χ3n) is 5.82. The lowest BCUT2D eigenvalue weighted by molar-refractivity contribution is -0.110. The molecule has 1 aromatic heterocycles. The van der Waals surface area contributed by atoms with Crippen molar-refractivity contribution >= 4 is 56.2 Å². The number of rotatable bonds is 4. The van der Waals surface area contributed by atoms with Gasteiger partial charge in [0.1, 0.15) is 10.7 Å². The molecular weight excluding hydrogens is 448 g/mol. The minimum atomic E-state index is -0.388. The predicted octanol–water partition coefficient (Wildman–Crippen LogP) is 5.71. The van der Waals surface area contributed by atoms with Crippen LogP contribution in [0.5, 0.6) is 0 Å². The Balaban J connectivity index is 1.62. The maximum Gasteiger partial charge on any atom is 0.271 e. The zero-order valence-electron chi connectivity index (χ0n) is 18.2. The van der Waals surface area contributed by atoms with Gasteiger partial charge in [0.2, 0.25) is 0 Å². The number of carbonyl (C=O) groups excluding carboxylic acids is 1. The van der Waals surface area contributed by atoms with Crippen molar-refractivity contribution in [3.63, 3.8) is 0 Å². The Morgan fingerprint density at radius 3 is 2.39 bits per heavy atom. The molecule has 0 saturated heterocycles. The Bertz CT molecular complexity index is 1340. The second-order valence-corrected chi connectivity index (χ2v) is 9.50. The molecule has 2 heterocycles. The fourth-order valence-electron chi connectivity index (χ4n) is 4.19. The molecule has 0 aliphatic carbocycles. The summed E-state index contributed by atoms with van der Waals surface area (Å²) in [5.74, 6) is -0.651. The number of carbonyl (C=O) groups is 1. The number of amides is 1. The summed E-state index contributed by atoms with van der Waals surface area (Å²) in [4.78, 5) is 23.1. The SMILES string of the molecule is Cc1cccc(C)c1NC(=O)C1=NC(=S)N[C@@H](c2ccccc2)[C@H]1c1nc2ccccc2s1. The van der Waals surface area contributed by atoms with Crippen LogP contribution in [0.4, 0.5) is 5.69 Å². The van der Waals surface area contributed by atoms with Gasteiger partial charge in [0.25, 0.3) is 5.91 Å². The average Bonchev–Trinajstić information content (AvgIpc) is 3.25. The summed E-state index contributed by atoms with van der Waals surface area (Å²) in [7, 11) is 0. The monoisotopic (exact) mass is 470 g/mol. The van der Waals surface area contributed by atoms with Crippen LogP contribution in [0.15, 0.2) is 77.8 Å². The molecule has 0 radical (unpaired) electrons. The highest BCUT2D eigenvalue weighted by atomic mass is 32.1. The summed E-state index contributed by atoms with van der Waals surface area (Å²) in [6, 6.07) is 23.7. The van der Waals surface area contributed by atoms with Gasteiger partial charge in [0.05, 0.1) is 22.2 Å². The molecule has 1 aliphatic heterocycles. The molecule has 5 nitrogen and oxygen atoms in total. The van der Waals surface area contributed by atoms with Crippen LogP contribution in [0.1, 0.15) is 33.7 Å². The lowest BCUT2D eigenvalue weighted by Gasteiger charge is -2.32. The quantitative estimate of drug-likeness (QED) is 0.375. The van der Waals surface area contributed by atoms with E-state index < -0.39 is 0 Å². The van der Waals surface area contributed by atoms with E-state index in [4.69, 9.17) is 17.2 Å². The molecule has 2 atom stereocenters. The van der Waals surface area contributed by atoms with Crippen LogP contribution >= 0.6 is 23.6 Å². The van der Waals surface area contributed by atoms with E-state index in [0.717, 1.165) is 37.6 Å². The summed E-state index contributed by atoms with van der Waals surface area (Å²) in [6.07, 6.45) is 0. The van der Waals surface area contributed by atoms with Crippen molar-refractivity contribution in [1.82, 2.24) is 10.3 Å². The van der Waals surface area contributed by atoms with Gasteiger partial charge in [-0.25, -0.2) is 9.98 Å². The van der Waals surface area contributed by atoms with Gasteiger partial charge in [-0.05, 0) is 54.9 Å². The van der Waals surface area contributed by atoms with Crippen molar-refractivity contribution in [2.45, 2.75) is 25.8 Å². The number of hydrogen-bond donors (Lipinski definition) is 2. The summed E-state index contributed by atoms with van der Waals surface area (Å²) in [6.45, 7) is 3.96. The number of para-hydroxylation sites is 2. The van der Waals surface area contributed by atoms with Crippen LogP contribution < -0.4 is 10.6 Å². The van der Waals surface area contributed by atoms with Gasteiger partial charge >= 0.3 is 0 Å². The highest BCUT2D eigenvalue weighted by molar-refractivity contribution is 7.80. The molecular formula is C26H22N4OS2. The minimum absolute atomic E-state index is 0.254. The number of hydrogen-bond acceptors (Lipinski definition) is 4. The van der Waals surface area contributed by atoms with Crippen LogP contribution in [0.2, 0.25) is 0 Å². The van der Waals surface area contributed by atoms with Crippen molar-refractivity contribution in [3.05, 3.63) is 94.5 Å². The predicted molar refractivity (Wildman–Crippen MR) is 139 cm³/mol. The van der Waals surface area contributed by atoms with Gasteiger partial charge in [0.15, 0.2) is 5.11 Å². The van der Waals surface area contributed by atoms with E-state index in [-0.39, 0.29) is 17.9 Å².